The van der Waals surface area contributed by atoms with Crippen molar-refractivity contribution >= 4 is 11.5 Å². The fourth-order valence-electron chi connectivity index (χ4n) is 1.80. The van der Waals surface area contributed by atoms with E-state index >= 15 is 0 Å². The van der Waals surface area contributed by atoms with Crippen LogP contribution in [0.2, 0.25) is 0 Å². The summed E-state index contributed by atoms with van der Waals surface area (Å²) in [6.45, 7) is 5.04. The maximum atomic E-state index is 5.44. The molecule has 1 aliphatic heterocycles. The van der Waals surface area contributed by atoms with Gasteiger partial charge >= 0.3 is 0 Å². The van der Waals surface area contributed by atoms with Gasteiger partial charge in [0, 0.05) is 19.6 Å². The highest BCUT2D eigenvalue weighted by Crippen LogP contribution is 2.15. The lowest BCUT2D eigenvalue weighted by molar-refractivity contribution is 0.122. The van der Waals surface area contributed by atoms with Gasteiger partial charge in [-0.25, -0.2) is 4.98 Å². The Bertz CT molecular complexity index is 322. The van der Waals surface area contributed by atoms with Crippen molar-refractivity contribution in [2.45, 2.75) is 6.42 Å². The van der Waals surface area contributed by atoms with Crippen LogP contribution in [0.3, 0.4) is 0 Å². The molecule has 1 fully saturated rings. The summed E-state index contributed by atoms with van der Waals surface area (Å²) in [7, 11) is 0. The fourth-order valence-corrected chi connectivity index (χ4v) is 1.80. The molecule has 1 aromatic rings. The number of nitrogens with zero attached hydrogens (tertiary/aromatic N) is 2. The van der Waals surface area contributed by atoms with Gasteiger partial charge < -0.3 is 20.7 Å². The molecule has 0 saturated carbocycles. The predicted molar refractivity (Wildman–Crippen MR) is 69.4 cm³/mol. The summed E-state index contributed by atoms with van der Waals surface area (Å²) in [5, 5.41) is 3.29. The summed E-state index contributed by atoms with van der Waals surface area (Å²) >= 11 is 0. The molecule has 5 heteroatoms. The molecule has 0 atom stereocenters. The maximum Gasteiger partial charge on any atom is 0.128 e. The minimum atomic E-state index is 0.715. The van der Waals surface area contributed by atoms with E-state index in [1.807, 2.05) is 6.20 Å². The molecule has 2 heterocycles. The van der Waals surface area contributed by atoms with Gasteiger partial charge in [0.1, 0.15) is 5.82 Å². The van der Waals surface area contributed by atoms with Gasteiger partial charge in [0.2, 0.25) is 0 Å². The highest BCUT2D eigenvalue weighted by Gasteiger charge is 2.11. The highest BCUT2D eigenvalue weighted by atomic mass is 16.5. The Morgan fingerprint density at radius 3 is 2.82 bits per heavy atom. The van der Waals surface area contributed by atoms with Crippen molar-refractivity contribution in [3.05, 3.63) is 18.3 Å². The average Bonchev–Trinajstić information content (AvgIpc) is 2.41. The number of hydrogen-bond donors (Lipinski definition) is 2. The molecule has 0 spiro atoms. The van der Waals surface area contributed by atoms with E-state index in [9.17, 15) is 0 Å². The van der Waals surface area contributed by atoms with Crippen LogP contribution in [-0.2, 0) is 4.74 Å². The van der Waals surface area contributed by atoms with Gasteiger partial charge in [0.25, 0.3) is 0 Å². The molecule has 0 aromatic carbocycles. The average molecular weight is 236 g/mol. The molecular formula is C12H20N4O. The second-order valence-corrected chi connectivity index (χ2v) is 4.07. The third-order valence-corrected chi connectivity index (χ3v) is 2.79. The van der Waals surface area contributed by atoms with Gasteiger partial charge in [0.05, 0.1) is 25.1 Å². The Morgan fingerprint density at radius 1 is 1.35 bits per heavy atom. The normalized spacial score (nSPS) is 15.9. The van der Waals surface area contributed by atoms with E-state index in [4.69, 9.17) is 10.5 Å². The van der Waals surface area contributed by atoms with Gasteiger partial charge in [0.15, 0.2) is 0 Å². The van der Waals surface area contributed by atoms with Crippen LogP contribution < -0.4 is 16.0 Å². The SMILES string of the molecule is NCCCNc1ccc(N2CCOCC2)nc1. The first-order valence-electron chi connectivity index (χ1n) is 6.13. The molecule has 0 amide bonds. The van der Waals surface area contributed by atoms with Crippen molar-refractivity contribution in [1.29, 1.82) is 0 Å². The van der Waals surface area contributed by atoms with Gasteiger partial charge in [-0.05, 0) is 25.1 Å². The van der Waals surface area contributed by atoms with Crippen molar-refractivity contribution in [2.75, 3.05) is 49.6 Å². The van der Waals surface area contributed by atoms with Gasteiger partial charge in [-0.3, -0.25) is 0 Å². The quantitative estimate of drug-likeness (QED) is 0.736. The van der Waals surface area contributed by atoms with E-state index in [0.717, 1.165) is 50.8 Å². The molecule has 5 nitrogen and oxygen atoms in total. The molecule has 0 unspecified atom stereocenters. The van der Waals surface area contributed by atoms with Crippen LogP contribution in [0.4, 0.5) is 11.5 Å². The van der Waals surface area contributed by atoms with Crippen molar-refractivity contribution in [1.82, 2.24) is 4.98 Å². The molecule has 1 saturated heterocycles. The Kier molecular flexibility index (Phi) is 4.58. The van der Waals surface area contributed by atoms with Crippen LogP contribution in [0, 0.1) is 0 Å². The van der Waals surface area contributed by atoms with Crippen molar-refractivity contribution in [3.8, 4) is 0 Å². The third kappa shape index (κ3) is 3.57. The number of rotatable bonds is 5. The number of nitrogens with one attached hydrogen (secondary N) is 1. The summed E-state index contributed by atoms with van der Waals surface area (Å²) in [4.78, 5) is 6.70. The standard InChI is InChI=1S/C12H20N4O/c13-4-1-5-14-11-2-3-12(15-10-11)16-6-8-17-9-7-16/h2-3,10,14H,1,4-9,13H2. The van der Waals surface area contributed by atoms with Gasteiger partial charge in [-0.15, -0.1) is 0 Å². The summed E-state index contributed by atoms with van der Waals surface area (Å²) in [5.74, 6) is 1.03. The summed E-state index contributed by atoms with van der Waals surface area (Å²) in [6, 6.07) is 4.12. The van der Waals surface area contributed by atoms with E-state index < -0.39 is 0 Å². The molecule has 1 aliphatic rings. The fraction of sp³-hybridized carbons (Fsp3) is 0.583. The van der Waals surface area contributed by atoms with Crippen LogP contribution in [0.15, 0.2) is 18.3 Å². The van der Waals surface area contributed by atoms with Gasteiger partial charge in [-0.2, -0.15) is 0 Å². The first-order chi connectivity index (χ1) is 8.40. The first-order valence-corrected chi connectivity index (χ1v) is 6.13. The molecule has 2 rings (SSSR count). The molecule has 0 radical (unpaired) electrons. The van der Waals surface area contributed by atoms with Crippen molar-refractivity contribution in [3.63, 3.8) is 0 Å². The smallest absolute Gasteiger partial charge is 0.128 e. The molecule has 3 N–H and O–H groups in total. The molecular weight excluding hydrogens is 216 g/mol. The van der Waals surface area contributed by atoms with Crippen molar-refractivity contribution in [2.24, 2.45) is 5.73 Å². The van der Waals surface area contributed by atoms with Crippen LogP contribution in [-0.4, -0.2) is 44.4 Å². The van der Waals surface area contributed by atoms with E-state index in [1.165, 1.54) is 0 Å². The summed E-state index contributed by atoms with van der Waals surface area (Å²) in [5.41, 5.74) is 6.49. The molecule has 0 bridgehead atoms. The second-order valence-electron chi connectivity index (χ2n) is 4.07. The zero-order chi connectivity index (χ0) is 11.9. The first kappa shape index (κ1) is 12.1. The van der Waals surface area contributed by atoms with Crippen LogP contribution in [0.5, 0.6) is 0 Å². The molecule has 0 aliphatic carbocycles. The number of nitrogens with two attached hydrogens (primary N) is 1. The lowest BCUT2D eigenvalue weighted by Gasteiger charge is -2.27. The maximum absolute atomic E-state index is 5.44. The lowest BCUT2D eigenvalue weighted by atomic mass is 10.3. The van der Waals surface area contributed by atoms with E-state index in [2.05, 4.69) is 27.3 Å². The van der Waals surface area contributed by atoms with Crippen LogP contribution in [0.1, 0.15) is 6.42 Å². The largest absolute Gasteiger partial charge is 0.384 e. The Morgan fingerprint density at radius 2 is 2.18 bits per heavy atom. The zero-order valence-electron chi connectivity index (χ0n) is 10.1. The monoisotopic (exact) mass is 236 g/mol. The number of ether oxygens (including phenoxy) is 1. The van der Waals surface area contributed by atoms with Crippen molar-refractivity contribution < 1.29 is 4.74 Å². The van der Waals surface area contributed by atoms with E-state index in [1.54, 1.807) is 0 Å². The van der Waals surface area contributed by atoms with E-state index in [0.29, 0.717) is 6.54 Å². The number of anilines is 2. The summed E-state index contributed by atoms with van der Waals surface area (Å²) in [6.07, 6.45) is 2.85. The minimum Gasteiger partial charge on any atom is -0.384 e. The molecule has 17 heavy (non-hydrogen) atoms. The number of hydrogen-bond acceptors (Lipinski definition) is 5. The Hall–Kier alpha value is -1.33. The summed E-state index contributed by atoms with van der Waals surface area (Å²) < 4.78 is 5.32. The molecule has 1 aromatic heterocycles. The number of aromatic nitrogens is 1. The van der Waals surface area contributed by atoms with Crippen LogP contribution in [0.25, 0.3) is 0 Å². The lowest BCUT2D eigenvalue weighted by Crippen LogP contribution is -2.36. The number of morpholine rings is 1. The van der Waals surface area contributed by atoms with Gasteiger partial charge in [-0.1, -0.05) is 0 Å². The Balaban J connectivity index is 1.88. The molecule has 94 valence electrons. The number of pyridine rings is 1. The minimum absolute atomic E-state index is 0.715. The predicted octanol–water partition coefficient (Wildman–Crippen LogP) is 0.679. The Labute approximate surface area is 102 Å². The third-order valence-electron chi connectivity index (χ3n) is 2.79. The van der Waals surface area contributed by atoms with E-state index in [-0.39, 0.29) is 0 Å². The van der Waals surface area contributed by atoms with Crippen LogP contribution >= 0.6 is 0 Å². The second kappa shape index (κ2) is 6.42. The highest BCUT2D eigenvalue weighted by molar-refractivity contribution is 5.48. The zero-order valence-corrected chi connectivity index (χ0v) is 10.1. The topological polar surface area (TPSA) is 63.4 Å².